The van der Waals surface area contributed by atoms with E-state index in [-0.39, 0.29) is 4.90 Å². The molecule has 1 aliphatic rings. The van der Waals surface area contributed by atoms with Crippen molar-refractivity contribution in [2.75, 3.05) is 47.0 Å². The Morgan fingerprint density at radius 2 is 1.67 bits per heavy atom. The smallest absolute Gasteiger partial charge is 0.264 e. The summed E-state index contributed by atoms with van der Waals surface area (Å²) in [5.74, 6) is -0.0494. The molecule has 1 N–H and O–H groups in total. The molecule has 1 heterocycles. The molecule has 3 aromatic rings. The topological polar surface area (TPSA) is 79.0 Å². The molecular weight excluding hydrogens is 494 g/mol. The van der Waals surface area contributed by atoms with Crippen LogP contribution in [0.3, 0.4) is 0 Å². The molecule has 1 aliphatic heterocycles. The van der Waals surface area contributed by atoms with Crippen molar-refractivity contribution in [3.05, 3.63) is 72.8 Å². The lowest BCUT2D eigenvalue weighted by atomic mass is 10.2. The number of amides is 1. The van der Waals surface area contributed by atoms with Gasteiger partial charge < -0.3 is 15.0 Å². The molecule has 0 atom stereocenters. The third-order valence-electron chi connectivity index (χ3n) is 5.99. The number of sulfonamides is 1. The van der Waals surface area contributed by atoms with E-state index in [9.17, 15) is 13.2 Å². The Hall–Kier alpha value is -3.17. The quantitative estimate of drug-likeness (QED) is 0.365. The van der Waals surface area contributed by atoms with Gasteiger partial charge in [-0.25, -0.2) is 8.42 Å². The Bertz CT molecular complexity index is 1270. The predicted molar refractivity (Wildman–Crippen MR) is 147 cm³/mol. The first-order valence-electron chi connectivity index (χ1n) is 12.0. The average Bonchev–Trinajstić information content (AvgIpc) is 3.43. The van der Waals surface area contributed by atoms with Crippen molar-refractivity contribution in [1.29, 1.82) is 0 Å². The molecule has 190 valence electrons. The van der Waals surface area contributed by atoms with Crippen molar-refractivity contribution >= 4 is 44.8 Å². The SMILES string of the molecule is CCOc1ccccc1N(CC(=O)Nc1ccc(N2CCCC2)cc1)S(=O)(=O)c1ccc(SC)cc1. The molecule has 9 heteroatoms. The van der Waals surface area contributed by atoms with Crippen LogP contribution in [0.25, 0.3) is 0 Å². The average molecular weight is 526 g/mol. The first-order valence-corrected chi connectivity index (χ1v) is 14.6. The van der Waals surface area contributed by atoms with Crippen LogP contribution in [0.5, 0.6) is 5.75 Å². The zero-order valence-electron chi connectivity index (χ0n) is 20.5. The van der Waals surface area contributed by atoms with Crippen molar-refractivity contribution in [2.24, 2.45) is 0 Å². The molecule has 0 aromatic heterocycles. The van der Waals surface area contributed by atoms with Crippen LogP contribution < -0.4 is 19.3 Å². The van der Waals surface area contributed by atoms with E-state index in [1.165, 1.54) is 24.6 Å². The van der Waals surface area contributed by atoms with Crippen molar-refractivity contribution in [1.82, 2.24) is 0 Å². The van der Waals surface area contributed by atoms with Crippen LogP contribution in [0.4, 0.5) is 17.1 Å². The van der Waals surface area contributed by atoms with Crippen LogP contribution in [0, 0.1) is 0 Å². The molecule has 1 saturated heterocycles. The number of nitrogens with one attached hydrogen (secondary N) is 1. The van der Waals surface area contributed by atoms with Gasteiger partial charge >= 0.3 is 0 Å². The van der Waals surface area contributed by atoms with E-state index in [0.717, 1.165) is 28.0 Å². The number of hydrogen-bond donors (Lipinski definition) is 1. The highest BCUT2D eigenvalue weighted by molar-refractivity contribution is 7.98. The first-order chi connectivity index (χ1) is 17.4. The summed E-state index contributed by atoms with van der Waals surface area (Å²) >= 11 is 1.53. The minimum Gasteiger partial charge on any atom is -0.492 e. The molecule has 0 unspecified atom stereocenters. The fraction of sp³-hybridized carbons (Fsp3) is 0.296. The molecule has 0 aliphatic carbocycles. The molecular formula is C27H31N3O4S2. The molecule has 7 nitrogen and oxygen atoms in total. The standard InChI is InChI=1S/C27H31N3O4S2/c1-3-34-26-9-5-4-8-25(26)30(36(32,33)24-16-14-23(35-2)15-17-24)20-27(31)28-21-10-12-22(13-11-21)29-18-6-7-19-29/h4-5,8-17H,3,6-7,18-20H2,1-2H3,(H,28,31). The Kier molecular flexibility index (Phi) is 8.43. The van der Waals surface area contributed by atoms with E-state index >= 15 is 0 Å². The number of hydrogen-bond acceptors (Lipinski definition) is 6. The van der Waals surface area contributed by atoms with Gasteiger partial charge in [-0.1, -0.05) is 12.1 Å². The Balaban J connectivity index is 1.60. The van der Waals surface area contributed by atoms with Gasteiger partial charge in [0, 0.05) is 29.4 Å². The van der Waals surface area contributed by atoms with Gasteiger partial charge in [0.25, 0.3) is 10.0 Å². The maximum atomic E-state index is 13.7. The Morgan fingerprint density at radius 3 is 2.31 bits per heavy atom. The number of benzene rings is 3. The summed E-state index contributed by atoms with van der Waals surface area (Å²) in [6, 6.07) is 21.1. The highest BCUT2D eigenvalue weighted by Crippen LogP contribution is 2.33. The Morgan fingerprint density at radius 1 is 1.00 bits per heavy atom. The third kappa shape index (κ3) is 5.96. The molecule has 0 bridgehead atoms. The van der Waals surface area contributed by atoms with Gasteiger partial charge in [0.2, 0.25) is 5.91 Å². The Labute approximate surface area is 217 Å². The number of carbonyl (C=O) groups excluding carboxylic acids is 1. The summed E-state index contributed by atoms with van der Waals surface area (Å²) in [4.78, 5) is 16.5. The van der Waals surface area contributed by atoms with Gasteiger partial charge in [0.05, 0.1) is 17.2 Å². The third-order valence-corrected chi connectivity index (χ3v) is 8.51. The minimum atomic E-state index is -4.05. The summed E-state index contributed by atoms with van der Waals surface area (Å²) in [5.41, 5.74) is 2.05. The zero-order valence-corrected chi connectivity index (χ0v) is 22.1. The largest absolute Gasteiger partial charge is 0.492 e. The van der Waals surface area contributed by atoms with E-state index in [2.05, 4.69) is 10.2 Å². The van der Waals surface area contributed by atoms with Crippen LogP contribution >= 0.6 is 11.8 Å². The number of thioether (sulfide) groups is 1. The summed E-state index contributed by atoms with van der Waals surface area (Å²) in [5, 5.41) is 2.85. The van der Waals surface area contributed by atoms with Gasteiger partial charge in [0.1, 0.15) is 12.3 Å². The molecule has 36 heavy (non-hydrogen) atoms. The first kappa shape index (κ1) is 25.9. The lowest BCUT2D eigenvalue weighted by molar-refractivity contribution is -0.114. The number of rotatable bonds is 10. The van der Waals surface area contributed by atoms with Gasteiger partial charge in [-0.15, -0.1) is 11.8 Å². The number of para-hydroxylation sites is 2. The summed E-state index contributed by atoms with van der Waals surface area (Å²) in [7, 11) is -4.05. The lowest BCUT2D eigenvalue weighted by Gasteiger charge is -2.26. The molecule has 3 aromatic carbocycles. The normalized spacial score (nSPS) is 13.4. The van der Waals surface area contributed by atoms with Gasteiger partial charge in [-0.3, -0.25) is 9.10 Å². The van der Waals surface area contributed by atoms with Gasteiger partial charge in [-0.2, -0.15) is 0 Å². The van der Waals surface area contributed by atoms with Crippen LogP contribution in [0.15, 0.2) is 82.6 Å². The minimum absolute atomic E-state index is 0.106. The molecule has 1 fully saturated rings. The number of ether oxygens (including phenoxy) is 1. The van der Waals surface area contributed by atoms with Gasteiger partial charge in [-0.05, 0) is 86.7 Å². The van der Waals surface area contributed by atoms with Crippen LogP contribution in [0.2, 0.25) is 0 Å². The molecule has 1 amide bonds. The lowest BCUT2D eigenvalue weighted by Crippen LogP contribution is -2.38. The van der Waals surface area contributed by atoms with E-state index in [0.29, 0.717) is 23.7 Å². The summed E-state index contributed by atoms with van der Waals surface area (Å²) in [6.45, 7) is 3.87. The van der Waals surface area contributed by atoms with Crippen LogP contribution in [-0.4, -0.2) is 46.8 Å². The zero-order chi connectivity index (χ0) is 25.5. The van der Waals surface area contributed by atoms with E-state index in [1.54, 1.807) is 48.5 Å². The fourth-order valence-electron chi connectivity index (χ4n) is 4.18. The second-order valence-electron chi connectivity index (χ2n) is 8.38. The van der Waals surface area contributed by atoms with Crippen molar-refractivity contribution in [3.63, 3.8) is 0 Å². The fourth-order valence-corrected chi connectivity index (χ4v) is 6.02. The van der Waals surface area contributed by atoms with E-state index in [4.69, 9.17) is 4.74 Å². The second kappa shape index (κ2) is 11.7. The van der Waals surface area contributed by atoms with Crippen LogP contribution in [0.1, 0.15) is 19.8 Å². The van der Waals surface area contributed by atoms with Crippen molar-refractivity contribution in [3.8, 4) is 5.75 Å². The van der Waals surface area contributed by atoms with Crippen molar-refractivity contribution < 1.29 is 17.9 Å². The highest BCUT2D eigenvalue weighted by Gasteiger charge is 2.29. The van der Waals surface area contributed by atoms with E-state index in [1.807, 2.05) is 37.4 Å². The summed E-state index contributed by atoms with van der Waals surface area (Å²) in [6.07, 6.45) is 4.30. The van der Waals surface area contributed by atoms with E-state index < -0.39 is 22.5 Å². The van der Waals surface area contributed by atoms with Crippen molar-refractivity contribution in [2.45, 2.75) is 29.6 Å². The predicted octanol–water partition coefficient (Wildman–Crippen LogP) is 5.24. The molecule has 0 spiro atoms. The van der Waals surface area contributed by atoms with Crippen LogP contribution in [-0.2, 0) is 14.8 Å². The number of nitrogens with zero attached hydrogens (tertiary/aromatic N) is 2. The number of carbonyl (C=O) groups is 1. The summed E-state index contributed by atoms with van der Waals surface area (Å²) < 4.78 is 34.3. The van der Waals surface area contributed by atoms with Gasteiger partial charge in [0.15, 0.2) is 0 Å². The molecule has 0 saturated carbocycles. The monoisotopic (exact) mass is 525 g/mol. The maximum absolute atomic E-state index is 13.7. The number of anilines is 3. The maximum Gasteiger partial charge on any atom is 0.264 e. The molecule has 0 radical (unpaired) electrons. The second-order valence-corrected chi connectivity index (χ2v) is 11.1. The molecule has 4 rings (SSSR count). The highest BCUT2D eigenvalue weighted by atomic mass is 32.2.